The molecular weight excluding hydrogens is 458 g/mol. The number of rotatable bonds is 7. The van der Waals surface area contributed by atoms with Gasteiger partial charge in [-0.05, 0) is 60.8 Å². The number of hydrogen-bond acceptors (Lipinski definition) is 5. The number of carbonyl (C=O) groups excluding carboxylic acids is 2. The van der Waals surface area contributed by atoms with Crippen LogP contribution in [0.4, 0.5) is 9.59 Å². The number of amides is 3. The largest absolute Gasteiger partial charge is 0.491 e. The molecule has 166 valence electrons. The molecule has 10 heteroatoms. The van der Waals surface area contributed by atoms with Crippen LogP contribution in [-0.2, 0) is 4.74 Å². The van der Waals surface area contributed by atoms with E-state index in [4.69, 9.17) is 4.74 Å². The molecule has 1 aromatic carbocycles. The fourth-order valence-electron chi connectivity index (χ4n) is 3.46. The molecular formula is C20H28BrN3O6. The number of alkyl carbamates (subject to hydrolysis) is 1. The number of ether oxygens (including phenoxy) is 2. The van der Waals surface area contributed by atoms with Gasteiger partial charge in [0.25, 0.3) is 5.91 Å². The second-order valence-corrected chi connectivity index (χ2v) is 8.10. The van der Waals surface area contributed by atoms with E-state index in [9.17, 15) is 19.5 Å². The zero-order chi connectivity index (χ0) is 22.3. The molecule has 1 aliphatic heterocycles. The second-order valence-electron chi connectivity index (χ2n) is 7.24. The first-order valence-corrected chi connectivity index (χ1v) is 10.6. The van der Waals surface area contributed by atoms with Gasteiger partial charge >= 0.3 is 12.2 Å². The van der Waals surface area contributed by atoms with Crippen LogP contribution in [-0.4, -0.2) is 78.4 Å². The SMILES string of the molecule is COC(=O)NCCOc1cc(C(=O)N(C(C)C)[C@@H]2CCCN(C(=O)O)C2)ccc1Br. The highest BCUT2D eigenvalue weighted by molar-refractivity contribution is 9.10. The first-order valence-electron chi connectivity index (χ1n) is 9.79. The average Bonchev–Trinajstić information content (AvgIpc) is 2.72. The molecule has 2 rings (SSSR count). The summed E-state index contributed by atoms with van der Waals surface area (Å²) >= 11 is 3.41. The van der Waals surface area contributed by atoms with E-state index in [1.807, 2.05) is 13.8 Å². The fraction of sp³-hybridized carbons (Fsp3) is 0.550. The smallest absolute Gasteiger partial charge is 0.407 e. The lowest BCUT2D eigenvalue weighted by molar-refractivity contribution is 0.0449. The number of nitrogens with one attached hydrogen (secondary N) is 1. The molecule has 0 saturated carbocycles. The van der Waals surface area contributed by atoms with Crippen molar-refractivity contribution in [2.45, 2.75) is 38.8 Å². The van der Waals surface area contributed by atoms with E-state index in [0.717, 1.165) is 12.8 Å². The number of nitrogens with zero attached hydrogens (tertiary/aromatic N) is 2. The molecule has 2 N–H and O–H groups in total. The van der Waals surface area contributed by atoms with Gasteiger partial charge in [0.2, 0.25) is 0 Å². The van der Waals surface area contributed by atoms with Crippen LogP contribution in [0.2, 0.25) is 0 Å². The summed E-state index contributed by atoms with van der Waals surface area (Å²) in [5, 5.41) is 11.8. The number of benzene rings is 1. The van der Waals surface area contributed by atoms with Crippen LogP contribution in [0.25, 0.3) is 0 Å². The molecule has 30 heavy (non-hydrogen) atoms. The van der Waals surface area contributed by atoms with Crippen LogP contribution in [0.5, 0.6) is 5.75 Å². The highest BCUT2D eigenvalue weighted by Crippen LogP contribution is 2.28. The third-order valence-corrected chi connectivity index (χ3v) is 5.50. The maximum absolute atomic E-state index is 13.3. The van der Waals surface area contributed by atoms with E-state index in [2.05, 4.69) is 26.0 Å². The number of likely N-dealkylation sites (tertiary alicyclic amines) is 1. The molecule has 0 aromatic heterocycles. The zero-order valence-corrected chi connectivity index (χ0v) is 19.0. The number of hydrogen-bond donors (Lipinski definition) is 2. The van der Waals surface area contributed by atoms with E-state index in [-0.39, 0.29) is 31.1 Å². The fourth-order valence-corrected chi connectivity index (χ4v) is 3.82. The Morgan fingerprint density at radius 2 is 2.10 bits per heavy atom. The van der Waals surface area contributed by atoms with Gasteiger partial charge in [0.15, 0.2) is 0 Å². The van der Waals surface area contributed by atoms with Crippen LogP contribution in [0, 0.1) is 0 Å². The summed E-state index contributed by atoms with van der Waals surface area (Å²) in [6.45, 7) is 5.09. The monoisotopic (exact) mass is 485 g/mol. The summed E-state index contributed by atoms with van der Waals surface area (Å²) < 4.78 is 10.9. The molecule has 3 amide bonds. The number of carboxylic acid groups (broad SMARTS) is 1. The van der Waals surface area contributed by atoms with Gasteiger partial charge in [-0.2, -0.15) is 0 Å². The lowest BCUT2D eigenvalue weighted by atomic mass is 10.0. The predicted octanol–water partition coefficient (Wildman–Crippen LogP) is 3.18. The van der Waals surface area contributed by atoms with Gasteiger partial charge in [-0.15, -0.1) is 0 Å². The number of methoxy groups -OCH3 is 1. The Labute approximate surface area is 184 Å². The van der Waals surface area contributed by atoms with Crippen LogP contribution in [0.3, 0.4) is 0 Å². The minimum absolute atomic E-state index is 0.0893. The van der Waals surface area contributed by atoms with E-state index >= 15 is 0 Å². The van der Waals surface area contributed by atoms with E-state index in [1.54, 1.807) is 23.1 Å². The van der Waals surface area contributed by atoms with Crippen molar-refractivity contribution in [2.75, 3.05) is 33.4 Å². The summed E-state index contributed by atoms with van der Waals surface area (Å²) in [6, 6.07) is 4.82. The van der Waals surface area contributed by atoms with E-state index in [1.165, 1.54) is 12.0 Å². The minimum Gasteiger partial charge on any atom is -0.491 e. The first kappa shape index (κ1) is 23.8. The Morgan fingerprint density at radius 1 is 1.37 bits per heavy atom. The molecule has 0 radical (unpaired) electrons. The Morgan fingerprint density at radius 3 is 2.73 bits per heavy atom. The third kappa shape index (κ3) is 6.25. The lowest BCUT2D eigenvalue weighted by Crippen LogP contribution is -2.53. The standard InChI is InChI=1S/C20H28BrN3O6/c1-13(2)24(15-5-4-9-23(12-15)20(27)28)18(25)14-6-7-16(21)17(11-14)30-10-8-22-19(26)29-3/h6-7,11,13,15H,4-5,8-10,12H2,1-3H3,(H,22,26)(H,27,28)/t15-/m1/s1. The maximum Gasteiger partial charge on any atom is 0.407 e. The molecule has 0 bridgehead atoms. The molecule has 1 heterocycles. The van der Waals surface area contributed by atoms with E-state index < -0.39 is 12.2 Å². The molecule has 0 spiro atoms. The quantitative estimate of drug-likeness (QED) is 0.574. The van der Waals surface area contributed by atoms with E-state index in [0.29, 0.717) is 28.9 Å². The summed E-state index contributed by atoms with van der Waals surface area (Å²) in [7, 11) is 1.28. The number of halogens is 1. The van der Waals surface area contributed by atoms with Gasteiger partial charge in [-0.1, -0.05) is 0 Å². The molecule has 0 aliphatic carbocycles. The normalized spacial score (nSPS) is 16.2. The van der Waals surface area contributed by atoms with Gasteiger partial charge in [0.1, 0.15) is 12.4 Å². The van der Waals surface area contributed by atoms with Crippen LogP contribution in [0.15, 0.2) is 22.7 Å². The Bertz CT molecular complexity index is 773. The van der Waals surface area contributed by atoms with Crippen molar-refractivity contribution in [3.05, 3.63) is 28.2 Å². The predicted molar refractivity (Wildman–Crippen MR) is 114 cm³/mol. The maximum atomic E-state index is 13.3. The molecule has 1 saturated heterocycles. The van der Waals surface area contributed by atoms with Crippen molar-refractivity contribution in [3.63, 3.8) is 0 Å². The molecule has 1 aromatic rings. The molecule has 9 nitrogen and oxygen atoms in total. The van der Waals surface area contributed by atoms with Gasteiger partial charge < -0.3 is 29.7 Å². The Hall–Kier alpha value is -2.49. The molecule has 1 aliphatic rings. The van der Waals surface area contributed by atoms with Gasteiger partial charge in [-0.3, -0.25) is 4.79 Å². The average molecular weight is 486 g/mol. The van der Waals surface area contributed by atoms with Gasteiger partial charge in [0.05, 0.1) is 24.2 Å². The van der Waals surface area contributed by atoms with Crippen molar-refractivity contribution in [2.24, 2.45) is 0 Å². The van der Waals surface area contributed by atoms with Crippen LogP contribution >= 0.6 is 15.9 Å². The highest BCUT2D eigenvalue weighted by Gasteiger charge is 2.32. The Kier molecular flexibility index (Phi) is 8.76. The lowest BCUT2D eigenvalue weighted by Gasteiger charge is -2.40. The van der Waals surface area contributed by atoms with Crippen molar-refractivity contribution in [1.29, 1.82) is 0 Å². The van der Waals surface area contributed by atoms with Crippen LogP contribution in [0.1, 0.15) is 37.0 Å². The van der Waals surface area contributed by atoms with Crippen molar-refractivity contribution < 1.29 is 29.0 Å². The zero-order valence-electron chi connectivity index (χ0n) is 17.4. The topological polar surface area (TPSA) is 108 Å². The summed E-state index contributed by atoms with van der Waals surface area (Å²) in [6.07, 6.45) is -0.0323. The summed E-state index contributed by atoms with van der Waals surface area (Å²) in [5.41, 5.74) is 0.454. The highest BCUT2D eigenvalue weighted by atomic mass is 79.9. The molecule has 0 unspecified atom stereocenters. The van der Waals surface area contributed by atoms with Gasteiger partial charge in [-0.25, -0.2) is 9.59 Å². The number of piperidine rings is 1. The molecule has 1 atom stereocenters. The van der Waals surface area contributed by atoms with Crippen molar-refractivity contribution >= 4 is 34.0 Å². The van der Waals surface area contributed by atoms with Gasteiger partial charge in [0, 0.05) is 24.7 Å². The number of carbonyl (C=O) groups is 3. The van der Waals surface area contributed by atoms with Crippen LogP contribution < -0.4 is 10.1 Å². The second kappa shape index (κ2) is 11.1. The van der Waals surface area contributed by atoms with Crippen molar-refractivity contribution in [1.82, 2.24) is 15.1 Å². The summed E-state index contributed by atoms with van der Waals surface area (Å²) in [4.78, 5) is 38.9. The van der Waals surface area contributed by atoms with Crippen molar-refractivity contribution in [3.8, 4) is 5.75 Å². The first-order chi connectivity index (χ1) is 14.2. The third-order valence-electron chi connectivity index (χ3n) is 4.84. The summed E-state index contributed by atoms with van der Waals surface area (Å²) in [5.74, 6) is 0.305. The molecule has 1 fully saturated rings. The minimum atomic E-state index is -0.962. The Balaban J connectivity index is 2.12.